The number of nitrogens with zero attached hydrogens (tertiary/aromatic N) is 1. The molecule has 5 nitrogen and oxygen atoms in total. The second kappa shape index (κ2) is 8.00. The van der Waals surface area contributed by atoms with Crippen LogP contribution in [0.4, 0.5) is 5.69 Å². The maximum atomic E-state index is 12.7. The first-order chi connectivity index (χ1) is 12.8. The van der Waals surface area contributed by atoms with E-state index in [0.29, 0.717) is 31.0 Å². The third kappa shape index (κ3) is 4.69. The van der Waals surface area contributed by atoms with Crippen molar-refractivity contribution in [3.05, 3.63) is 58.6 Å². The van der Waals surface area contributed by atoms with Gasteiger partial charge in [0.05, 0.1) is 4.90 Å². The fourth-order valence-electron chi connectivity index (χ4n) is 3.41. The molecule has 0 unspecified atom stereocenters. The highest BCUT2D eigenvalue weighted by atomic mass is 35.5. The number of nitrogens with one attached hydrogen (secondary N) is 1. The molecule has 0 atom stereocenters. The van der Waals surface area contributed by atoms with Crippen molar-refractivity contribution in [3.8, 4) is 0 Å². The van der Waals surface area contributed by atoms with E-state index in [0.717, 1.165) is 16.8 Å². The minimum absolute atomic E-state index is 0.0523. The maximum Gasteiger partial charge on any atom is 0.243 e. The standard InChI is InChI=1S/C20H23ClN2O3S/c1-14-11-15(2)13-18(12-14)22-20(24)16-7-9-23(10-8-16)27(25,26)19-5-3-17(21)4-6-19/h3-6,11-13,16H,7-10H2,1-2H3,(H,22,24). The summed E-state index contributed by atoms with van der Waals surface area (Å²) in [6, 6.07) is 12.1. The van der Waals surface area contributed by atoms with Gasteiger partial charge in [-0.05, 0) is 74.2 Å². The van der Waals surface area contributed by atoms with Crippen molar-refractivity contribution in [1.29, 1.82) is 0 Å². The number of amides is 1. The van der Waals surface area contributed by atoms with Gasteiger partial charge in [-0.1, -0.05) is 17.7 Å². The van der Waals surface area contributed by atoms with Crippen molar-refractivity contribution >= 4 is 33.2 Å². The molecule has 0 aliphatic carbocycles. The molecule has 0 spiro atoms. The third-order valence-corrected chi connectivity index (χ3v) is 6.93. The lowest BCUT2D eigenvalue weighted by molar-refractivity contribution is -0.120. The molecule has 0 aromatic heterocycles. The van der Waals surface area contributed by atoms with E-state index in [1.165, 1.54) is 16.4 Å². The molecule has 7 heteroatoms. The van der Waals surface area contributed by atoms with Crippen LogP contribution in [0.1, 0.15) is 24.0 Å². The first-order valence-electron chi connectivity index (χ1n) is 8.90. The number of benzene rings is 2. The van der Waals surface area contributed by atoms with Crippen molar-refractivity contribution in [2.45, 2.75) is 31.6 Å². The van der Waals surface area contributed by atoms with Gasteiger partial charge in [0.1, 0.15) is 0 Å². The van der Waals surface area contributed by atoms with Gasteiger partial charge in [-0.2, -0.15) is 4.31 Å². The molecule has 1 heterocycles. The minimum Gasteiger partial charge on any atom is -0.326 e. The van der Waals surface area contributed by atoms with E-state index in [9.17, 15) is 13.2 Å². The predicted octanol–water partition coefficient (Wildman–Crippen LogP) is 4.00. The number of anilines is 1. The molecule has 1 aliphatic heterocycles. The van der Waals surface area contributed by atoms with E-state index >= 15 is 0 Å². The molecular weight excluding hydrogens is 384 g/mol. The van der Waals surface area contributed by atoms with Crippen LogP contribution >= 0.6 is 11.6 Å². The SMILES string of the molecule is Cc1cc(C)cc(NC(=O)C2CCN(S(=O)(=O)c3ccc(Cl)cc3)CC2)c1. The summed E-state index contributed by atoms with van der Waals surface area (Å²) in [6.45, 7) is 4.64. The number of aryl methyl sites for hydroxylation is 2. The number of rotatable bonds is 4. The molecule has 144 valence electrons. The summed E-state index contributed by atoms with van der Waals surface area (Å²) in [5.74, 6) is -0.244. The second-order valence-electron chi connectivity index (χ2n) is 7.00. The van der Waals surface area contributed by atoms with Gasteiger partial charge < -0.3 is 5.32 Å². The highest BCUT2D eigenvalue weighted by Gasteiger charge is 2.32. The monoisotopic (exact) mass is 406 g/mol. The van der Waals surface area contributed by atoms with E-state index in [4.69, 9.17) is 11.6 Å². The maximum absolute atomic E-state index is 12.7. The van der Waals surface area contributed by atoms with Crippen molar-refractivity contribution in [3.63, 3.8) is 0 Å². The summed E-state index contributed by atoms with van der Waals surface area (Å²) in [5, 5.41) is 3.46. The van der Waals surface area contributed by atoms with E-state index in [1.54, 1.807) is 12.1 Å². The Labute approximate surface area is 165 Å². The number of halogens is 1. The number of piperidine rings is 1. The average Bonchev–Trinajstić information content (AvgIpc) is 2.61. The molecule has 27 heavy (non-hydrogen) atoms. The molecular formula is C20H23ClN2O3S. The van der Waals surface area contributed by atoms with Crippen LogP contribution in [0, 0.1) is 19.8 Å². The van der Waals surface area contributed by atoms with Crippen molar-refractivity contribution in [2.75, 3.05) is 18.4 Å². The van der Waals surface area contributed by atoms with Crippen LogP contribution in [0.25, 0.3) is 0 Å². The van der Waals surface area contributed by atoms with Crippen molar-refractivity contribution in [1.82, 2.24) is 4.31 Å². The molecule has 0 saturated carbocycles. The quantitative estimate of drug-likeness (QED) is 0.834. The van der Waals surface area contributed by atoms with Gasteiger partial charge in [-0.25, -0.2) is 8.42 Å². The summed E-state index contributed by atoms with van der Waals surface area (Å²) >= 11 is 5.83. The number of carbonyl (C=O) groups is 1. The zero-order valence-electron chi connectivity index (χ0n) is 15.4. The molecule has 2 aromatic carbocycles. The fourth-order valence-corrected chi connectivity index (χ4v) is 5.00. The normalized spacial score (nSPS) is 16.3. The largest absolute Gasteiger partial charge is 0.326 e. The Morgan fingerprint density at radius 2 is 1.59 bits per heavy atom. The van der Waals surface area contributed by atoms with Gasteiger partial charge in [-0.15, -0.1) is 0 Å². The zero-order chi connectivity index (χ0) is 19.6. The summed E-state index contributed by atoms with van der Waals surface area (Å²) in [5.41, 5.74) is 2.97. The Balaban J connectivity index is 1.62. The highest BCUT2D eigenvalue weighted by Crippen LogP contribution is 2.26. The average molecular weight is 407 g/mol. The smallest absolute Gasteiger partial charge is 0.243 e. The molecule has 1 aliphatic rings. The van der Waals surface area contributed by atoms with Crippen LogP contribution in [0.3, 0.4) is 0 Å². The molecule has 1 fully saturated rings. The van der Waals surface area contributed by atoms with E-state index < -0.39 is 10.0 Å². The van der Waals surface area contributed by atoms with Crippen LogP contribution in [-0.2, 0) is 14.8 Å². The van der Waals surface area contributed by atoms with Gasteiger partial charge in [0.2, 0.25) is 15.9 Å². The topological polar surface area (TPSA) is 66.5 Å². The van der Waals surface area contributed by atoms with E-state index in [2.05, 4.69) is 11.4 Å². The number of sulfonamides is 1. The van der Waals surface area contributed by atoms with Crippen LogP contribution in [-0.4, -0.2) is 31.7 Å². The fraction of sp³-hybridized carbons (Fsp3) is 0.350. The molecule has 0 radical (unpaired) electrons. The Hall–Kier alpha value is -1.89. The van der Waals surface area contributed by atoms with Gasteiger partial charge in [0.15, 0.2) is 0 Å². The lowest BCUT2D eigenvalue weighted by Gasteiger charge is -2.30. The van der Waals surface area contributed by atoms with Gasteiger partial charge >= 0.3 is 0 Å². The molecule has 0 bridgehead atoms. The Morgan fingerprint density at radius 1 is 1.04 bits per heavy atom. The van der Waals surface area contributed by atoms with Crippen LogP contribution < -0.4 is 5.32 Å². The zero-order valence-corrected chi connectivity index (χ0v) is 17.0. The second-order valence-corrected chi connectivity index (χ2v) is 9.37. The number of hydrogen-bond donors (Lipinski definition) is 1. The van der Waals surface area contributed by atoms with Crippen LogP contribution in [0.5, 0.6) is 0 Å². The molecule has 1 saturated heterocycles. The van der Waals surface area contributed by atoms with E-state index in [1.807, 2.05) is 26.0 Å². The minimum atomic E-state index is -3.56. The summed E-state index contributed by atoms with van der Waals surface area (Å²) in [7, 11) is -3.56. The lowest BCUT2D eigenvalue weighted by atomic mass is 9.97. The Bertz CT molecular complexity index is 914. The van der Waals surface area contributed by atoms with E-state index in [-0.39, 0.29) is 16.7 Å². The van der Waals surface area contributed by atoms with Gasteiger partial charge in [0, 0.05) is 29.7 Å². The Morgan fingerprint density at radius 3 is 2.15 bits per heavy atom. The van der Waals surface area contributed by atoms with Crippen molar-refractivity contribution in [2.24, 2.45) is 5.92 Å². The highest BCUT2D eigenvalue weighted by molar-refractivity contribution is 7.89. The summed E-state index contributed by atoms with van der Waals surface area (Å²) < 4.78 is 26.9. The molecule has 2 aromatic rings. The molecule has 1 N–H and O–H groups in total. The first-order valence-corrected chi connectivity index (χ1v) is 10.7. The molecule has 3 rings (SSSR count). The predicted molar refractivity (Wildman–Crippen MR) is 107 cm³/mol. The van der Waals surface area contributed by atoms with Crippen LogP contribution in [0.2, 0.25) is 5.02 Å². The first kappa shape index (κ1) is 19.9. The van der Waals surface area contributed by atoms with Gasteiger partial charge in [-0.3, -0.25) is 4.79 Å². The van der Waals surface area contributed by atoms with Crippen molar-refractivity contribution < 1.29 is 13.2 Å². The third-order valence-electron chi connectivity index (χ3n) is 4.77. The lowest BCUT2D eigenvalue weighted by Crippen LogP contribution is -2.41. The Kier molecular flexibility index (Phi) is 5.89. The number of hydrogen-bond acceptors (Lipinski definition) is 3. The molecule has 1 amide bonds. The summed E-state index contributed by atoms with van der Waals surface area (Å²) in [6.07, 6.45) is 1.01. The number of carbonyl (C=O) groups excluding carboxylic acids is 1. The van der Waals surface area contributed by atoms with Crippen LogP contribution in [0.15, 0.2) is 47.4 Å². The summed E-state index contributed by atoms with van der Waals surface area (Å²) in [4.78, 5) is 12.8. The van der Waals surface area contributed by atoms with Gasteiger partial charge in [0.25, 0.3) is 0 Å².